The maximum absolute atomic E-state index is 3.72. The van der Waals surface area contributed by atoms with Crippen LogP contribution >= 0.6 is 11.8 Å². The van der Waals surface area contributed by atoms with Gasteiger partial charge in [-0.25, -0.2) is 0 Å². The quantitative estimate of drug-likeness (QED) is 0.472. The van der Waals surface area contributed by atoms with Crippen molar-refractivity contribution < 1.29 is 0 Å². The van der Waals surface area contributed by atoms with E-state index in [1.165, 1.54) is 33.9 Å². The molecule has 0 aromatic carbocycles. The minimum Gasteiger partial charge on any atom is -0.385 e. The standard InChI is InChI=1S/C9H13N.C9H12S.2C4H10/c1-3-5-8-6-7-10-9(8)4-2;1-3-4-5-9-6-7-10-8(9)2;2*1-4(2)3/h3-5,10H,2,6-7H2,1H3;3-5H,1,6-7H2,2H3;2*4H,1-3H3/b5-3-;5-4-;;. The van der Waals surface area contributed by atoms with Gasteiger partial charge in [0, 0.05) is 18.0 Å². The van der Waals surface area contributed by atoms with Gasteiger partial charge in [0.15, 0.2) is 0 Å². The summed E-state index contributed by atoms with van der Waals surface area (Å²) in [5, 5.41) is 3.25. The van der Waals surface area contributed by atoms with Gasteiger partial charge in [0.25, 0.3) is 0 Å². The Morgan fingerprint density at radius 2 is 1.50 bits per heavy atom. The van der Waals surface area contributed by atoms with Crippen LogP contribution < -0.4 is 5.32 Å². The number of nitrogens with one attached hydrogen (secondary N) is 1. The second-order valence-corrected chi connectivity index (χ2v) is 9.37. The van der Waals surface area contributed by atoms with Crippen molar-refractivity contribution in [1.82, 2.24) is 5.32 Å². The van der Waals surface area contributed by atoms with Crippen LogP contribution in [0.1, 0.15) is 68.2 Å². The number of hydrogen-bond donors (Lipinski definition) is 1. The number of allylic oxidation sites excluding steroid dienone is 8. The van der Waals surface area contributed by atoms with Crippen LogP contribution in [0.2, 0.25) is 0 Å². The van der Waals surface area contributed by atoms with E-state index in [0.717, 1.165) is 24.8 Å². The van der Waals surface area contributed by atoms with Gasteiger partial charge in [0.1, 0.15) is 0 Å². The second kappa shape index (κ2) is 18.9. The summed E-state index contributed by atoms with van der Waals surface area (Å²) in [5.74, 6) is 2.92. The molecule has 2 rings (SSSR count). The largest absolute Gasteiger partial charge is 0.385 e. The van der Waals surface area contributed by atoms with E-state index in [-0.39, 0.29) is 0 Å². The Morgan fingerprint density at radius 1 is 0.929 bits per heavy atom. The summed E-state index contributed by atoms with van der Waals surface area (Å²) >= 11 is 1.95. The molecule has 1 N–H and O–H groups in total. The molecule has 0 saturated heterocycles. The number of rotatable bonds is 4. The molecular formula is C26H45NS. The van der Waals surface area contributed by atoms with Crippen LogP contribution in [-0.2, 0) is 0 Å². The van der Waals surface area contributed by atoms with Crippen LogP contribution in [0.25, 0.3) is 0 Å². The third-order valence-corrected chi connectivity index (χ3v) is 4.31. The van der Waals surface area contributed by atoms with Gasteiger partial charge in [-0.3, -0.25) is 0 Å². The first-order valence-corrected chi connectivity index (χ1v) is 11.5. The molecule has 28 heavy (non-hydrogen) atoms. The average Bonchev–Trinajstić information content (AvgIpc) is 3.21. The highest BCUT2D eigenvalue weighted by atomic mass is 32.2. The van der Waals surface area contributed by atoms with E-state index in [2.05, 4.69) is 85.2 Å². The summed E-state index contributed by atoms with van der Waals surface area (Å²) in [7, 11) is 0. The Morgan fingerprint density at radius 3 is 1.89 bits per heavy atom. The van der Waals surface area contributed by atoms with Gasteiger partial charge in [-0.05, 0) is 60.7 Å². The SMILES string of the molecule is C=C/C=C\C1=C(C)SCC1.C=CC1=C(/C=C\C)CCN1.CC(C)C.CC(C)C. The molecular weight excluding hydrogens is 358 g/mol. The van der Waals surface area contributed by atoms with E-state index in [0.29, 0.717) is 0 Å². The molecule has 0 fully saturated rings. The first-order chi connectivity index (χ1) is 13.2. The molecule has 0 bridgehead atoms. The summed E-state index contributed by atoms with van der Waals surface area (Å²) in [4.78, 5) is 1.47. The van der Waals surface area contributed by atoms with E-state index in [9.17, 15) is 0 Å². The molecule has 0 unspecified atom stereocenters. The molecule has 0 aliphatic carbocycles. The lowest BCUT2D eigenvalue weighted by Crippen LogP contribution is -2.04. The van der Waals surface area contributed by atoms with Gasteiger partial charge in [-0.15, -0.1) is 11.8 Å². The molecule has 0 saturated carbocycles. The lowest BCUT2D eigenvalue weighted by molar-refractivity contribution is 0.736. The highest BCUT2D eigenvalue weighted by Gasteiger charge is 2.07. The molecule has 2 heterocycles. The van der Waals surface area contributed by atoms with E-state index >= 15 is 0 Å². The molecule has 2 heteroatoms. The molecule has 0 aromatic heterocycles. The van der Waals surface area contributed by atoms with Crippen molar-refractivity contribution in [2.24, 2.45) is 11.8 Å². The van der Waals surface area contributed by atoms with Crippen molar-refractivity contribution in [3.05, 3.63) is 71.4 Å². The molecule has 0 aromatic rings. The summed E-state index contributed by atoms with van der Waals surface area (Å²) in [5.41, 5.74) is 4.04. The summed E-state index contributed by atoms with van der Waals surface area (Å²) in [6, 6.07) is 0. The van der Waals surface area contributed by atoms with Gasteiger partial charge in [-0.2, -0.15) is 0 Å². The van der Waals surface area contributed by atoms with Crippen LogP contribution in [0.5, 0.6) is 0 Å². The fourth-order valence-electron chi connectivity index (χ4n) is 2.13. The third kappa shape index (κ3) is 18.0. The second-order valence-electron chi connectivity index (χ2n) is 8.06. The fraction of sp³-hybridized carbons (Fsp3) is 0.538. The lowest BCUT2D eigenvalue weighted by Gasteiger charge is -1.94. The topological polar surface area (TPSA) is 12.0 Å². The van der Waals surface area contributed by atoms with Gasteiger partial charge in [-0.1, -0.05) is 85.1 Å². The molecule has 2 aliphatic rings. The van der Waals surface area contributed by atoms with Crippen molar-refractivity contribution in [2.75, 3.05) is 12.3 Å². The number of hydrogen-bond acceptors (Lipinski definition) is 2. The van der Waals surface area contributed by atoms with E-state index in [1.54, 1.807) is 0 Å². The van der Waals surface area contributed by atoms with Crippen molar-refractivity contribution in [3.63, 3.8) is 0 Å². The molecule has 0 atom stereocenters. The third-order valence-electron chi connectivity index (χ3n) is 3.20. The highest BCUT2D eigenvalue weighted by Crippen LogP contribution is 2.31. The Kier molecular flexibility index (Phi) is 19.5. The van der Waals surface area contributed by atoms with Crippen molar-refractivity contribution in [1.29, 1.82) is 0 Å². The van der Waals surface area contributed by atoms with Gasteiger partial charge in [0.2, 0.25) is 0 Å². The lowest BCUT2D eigenvalue weighted by atomic mass is 10.2. The van der Waals surface area contributed by atoms with Crippen LogP contribution in [-0.4, -0.2) is 12.3 Å². The van der Waals surface area contributed by atoms with Gasteiger partial charge < -0.3 is 5.32 Å². The van der Waals surface area contributed by atoms with Crippen molar-refractivity contribution in [2.45, 2.75) is 68.2 Å². The zero-order valence-corrected chi connectivity index (χ0v) is 20.6. The predicted molar refractivity (Wildman–Crippen MR) is 135 cm³/mol. The molecule has 0 radical (unpaired) electrons. The molecule has 1 nitrogen and oxygen atoms in total. The van der Waals surface area contributed by atoms with Crippen molar-refractivity contribution >= 4 is 11.8 Å². The minimum absolute atomic E-state index is 0.833. The molecule has 2 aliphatic heterocycles. The first kappa shape index (κ1) is 28.8. The smallest absolute Gasteiger partial charge is 0.0367 e. The molecule has 0 spiro atoms. The maximum Gasteiger partial charge on any atom is 0.0367 e. The summed E-state index contributed by atoms with van der Waals surface area (Å²) < 4.78 is 0. The predicted octanol–water partition coefficient (Wildman–Crippen LogP) is 8.46. The normalized spacial score (nSPS) is 15.8. The first-order valence-electron chi connectivity index (χ1n) is 10.5. The van der Waals surface area contributed by atoms with E-state index in [4.69, 9.17) is 0 Å². The zero-order valence-electron chi connectivity index (χ0n) is 19.8. The number of thioether (sulfide) groups is 1. The summed E-state index contributed by atoms with van der Waals surface area (Å²) in [6.07, 6.45) is 14.4. The van der Waals surface area contributed by atoms with Crippen LogP contribution in [0.4, 0.5) is 0 Å². The zero-order chi connectivity index (χ0) is 21.9. The van der Waals surface area contributed by atoms with Crippen molar-refractivity contribution in [3.8, 4) is 0 Å². The van der Waals surface area contributed by atoms with E-state index < -0.39 is 0 Å². The fourth-order valence-corrected chi connectivity index (χ4v) is 3.11. The van der Waals surface area contributed by atoms with Crippen LogP contribution in [0, 0.1) is 11.8 Å². The molecule has 160 valence electrons. The van der Waals surface area contributed by atoms with Gasteiger partial charge in [0.05, 0.1) is 0 Å². The highest BCUT2D eigenvalue weighted by molar-refractivity contribution is 8.03. The van der Waals surface area contributed by atoms with Crippen LogP contribution in [0.15, 0.2) is 71.4 Å². The average molecular weight is 404 g/mol. The minimum atomic E-state index is 0.833. The Bertz CT molecular complexity index is 533. The monoisotopic (exact) mass is 403 g/mol. The Balaban J connectivity index is 0. The Hall–Kier alpha value is -1.41. The maximum atomic E-state index is 3.72. The summed E-state index contributed by atoms with van der Waals surface area (Å²) in [6.45, 7) is 25.6. The van der Waals surface area contributed by atoms with Crippen LogP contribution in [0.3, 0.4) is 0 Å². The Labute approximate surface area is 180 Å². The van der Waals surface area contributed by atoms with Gasteiger partial charge >= 0.3 is 0 Å². The molecule has 0 amide bonds. The van der Waals surface area contributed by atoms with E-state index in [1.807, 2.05) is 36.9 Å².